The van der Waals surface area contributed by atoms with E-state index in [2.05, 4.69) is 13.8 Å². The third-order valence-electron chi connectivity index (χ3n) is 2.66. The van der Waals surface area contributed by atoms with Gasteiger partial charge in [-0.05, 0) is 19.3 Å². The quantitative estimate of drug-likeness (QED) is 0.766. The number of carbonyl (C=O) groups excluding carboxylic acids is 1. The van der Waals surface area contributed by atoms with Crippen molar-refractivity contribution in [3.05, 3.63) is 12.2 Å². The van der Waals surface area contributed by atoms with Crippen LogP contribution in [0.5, 0.6) is 0 Å². The van der Waals surface area contributed by atoms with Crippen molar-refractivity contribution >= 4 is 11.8 Å². The molecule has 0 aliphatic heterocycles. The van der Waals surface area contributed by atoms with Gasteiger partial charge in [-0.3, -0.25) is 9.59 Å². The molecule has 17 heavy (non-hydrogen) atoms. The summed E-state index contributed by atoms with van der Waals surface area (Å²) in [5.74, 6) is -1.54. The largest absolute Gasteiger partial charge is 0.481 e. The Morgan fingerprint density at radius 2 is 1.59 bits per heavy atom. The predicted molar refractivity (Wildman–Crippen MR) is 68.9 cm³/mol. The highest BCUT2D eigenvalue weighted by molar-refractivity contribution is 5.86. The first-order chi connectivity index (χ1) is 8.08. The van der Waals surface area contributed by atoms with Gasteiger partial charge in [-0.25, -0.2) is 0 Å². The fourth-order valence-electron chi connectivity index (χ4n) is 1.87. The summed E-state index contributed by atoms with van der Waals surface area (Å²) in [7, 11) is 0. The highest BCUT2D eigenvalue weighted by Gasteiger charge is 2.32. The molecule has 0 saturated heterocycles. The number of carboxylic acid groups (broad SMARTS) is 1. The van der Waals surface area contributed by atoms with Gasteiger partial charge in [-0.1, -0.05) is 39.3 Å². The van der Waals surface area contributed by atoms with Crippen molar-refractivity contribution in [3.8, 4) is 0 Å². The van der Waals surface area contributed by atoms with Crippen LogP contribution < -0.4 is 0 Å². The number of carbonyl (C=O) groups is 2. The molecule has 98 valence electrons. The minimum Gasteiger partial charge on any atom is -0.481 e. The van der Waals surface area contributed by atoms with E-state index in [1.165, 1.54) is 6.42 Å². The summed E-state index contributed by atoms with van der Waals surface area (Å²) >= 11 is 0. The van der Waals surface area contributed by atoms with E-state index < -0.39 is 11.9 Å². The molecule has 1 aliphatic rings. The molecule has 3 heteroatoms. The Morgan fingerprint density at radius 3 is 2.00 bits per heavy atom. The molecule has 2 unspecified atom stereocenters. The van der Waals surface area contributed by atoms with Crippen LogP contribution in [0.1, 0.15) is 52.9 Å². The number of aliphatic carboxylic acids is 1. The molecule has 0 aromatic heterocycles. The van der Waals surface area contributed by atoms with Crippen LogP contribution in [-0.4, -0.2) is 16.9 Å². The zero-order valence-corrected chi connectivity index (χ0v) is 11.1. The lowest BCUT2D eigenvalue weighted by Crippen LogP contribution is -2.30. The zero-order valence-electron chi connectivity index (χ0n) is 11.1. The van der Waals surface area contributed by atoms with Crippen molar-refractivity contribution in [2.45, 2.75) is 52.9 Å². The summed E-state index contributed by atoms with van der Waals surface area (Å²) < 4.78 is 0. The lowest BCUT2D eigenvalue weighted by molar-refractivity contribution is -0.146. The van der Waals surface area contributed by atoms with Crippen molar-refractivity contribution < 1.29 is 14.7 Å². The molecule has 0 saturated carbocycles. The lowest BCUT2D eigenvalue weighted by Gasteiger charge is -2.23. The summed E-state index contributed by atoms with van der Waals surface area (Å²) in [5, 5.41) is 8.94. The van der Waals surface area contributed by atoms with Gasteiger partial charge < -0.3 is 5.11 Å². The van der Waals surface area contributed by atoms with Gasteiger partial charge in [-0.2, -0.15) is 0 Å². The highest BCUT2D eigenvalue weighted by Crippen LogP contribution is 2.27. The summed E-state index contributed by atoms with van der Waals surface area (Å²) in [4.78, 5) is 22.5. The second kappa shape index (κ2) is 8.97. The van der Waals surface area contributed by atoms with Crippen LogP contribution in [0.4, 0.5) is 0 Å². The van der Waals surface area contributed by atoms with Crippen LogP contribution in [0.15, 0.2) is 12.2 Å². The average molecular weight is 240 g/mol. The standard InChI is InChI=1S/C11H16O3.C3H8/c1-2-5-10(12)8-6-3-4-7-9(8)11(13)14;1-3-2/h3-4,8-9H,2,5-7H2,1H3,(H,13,14);3H2,1-2H3. The van der Waals surface area contributed by atoms with Gasteiger partial charge in [0.15, 0.2) is 0 Å². The molecule has 1 rings (SSSR count). The first-order valence-electron chi connectivity index (χ1n) is 6.48. The van der Waals surface area contributed by atoms with Crippen molar-refractivity contribution in [1.82, 2.24) is 0 Å². The number of allylic oxidation sites excluding steroid dienone is 2. The van der Waals surface area contributed by atoms with Gasteiger partial charge in [-0.15, -0.1) is 0 Å². The van der Waals surface area contributed by atoms with E-state index in [0.717, 1.165) is 6.42 Å². The number of hydrogen-bond acceptors (Lipinski definition) is 2. The van der Waals surface area contributed by atoms with Crippen molar-refractivity contribution in [2.24, 2.45) is 11.8 Å². The SMILES string of the molecule is CCC.CCCC(=O)C1CC=CCC1C(=O)O. The van der Waals surface area contributed by atoms with Crippen molar-refractivity contribution in [1.29, 1.82) is 0 Å². The van der Waals surface area contributed by atoms with Crippen LogP contribution in [0.3, 0.4) is 0 Å². The van der Waals surface area contributed by atoms with Crippen LogP contribution >= 0.6 is 0 Å². The summed E-state index contributed by atoms with van der Waals surface area (Å²) in [6.07, 6.45) is 7.41. The minimum atomic E-state index is -0.844. The van der Waals surface area contributed by atoms with E-state index >= 15 is 0 Å². The molecule has 2 atom stereocenters. The van der Waals surface area contributed by atoms with Gasteiger partial charge in [0.1, 0.15) is 5.78 Å². The molecule has 0 radical (unpaired) electrons. The van der Waals surface area contributed by atoms with Gasteiger partial charge in [0.05, 0.1) is 5.92 Å². The molecule has 0 amide bonds. The Balaban J connectivity index is 0.000000770. The molecule has 0 heterocycles. The highest BCUT2D eigenvalue weighted by atomic mass is 16.4. The van der Waals surface area contributed by atoms with Gasteiger partial charge in [0.2, 0.25) is 0 Å². The normalized spacial score (nSPS) is 22.5. The van der Waals surface area contributed by atoms with Crippen LogP contribution in [0.2, 0.25) is 0 Å². The van der Waals surface area contributed by atoms with E-state index in [4.69, 9.17) is 5.11 Å². The number of hydrogen-bond donors (Lipinski definition) is 1. The summed E-state index contributed by atoms with van der Waals surface area (Å²) in [6.45, 7) is 6.19. The van der Waals surface area contributed by atoms with E-state index in [9.17, 15) is 9.59 Å². The molecule has 0 bridgehead atoms. The molecule has 3 nitrogen and oxygen atoms in total. The molecule has 0 fully saturated rings. The molecule has 0 aromatic carbocycles. The Bertz CT molecular complexity index is 269. The van der Waals surface area contributed by atoms with Crippen LogP contribution in [0.25, 0.3) is 0 Å². The lowest BCUT2D eigenvalue weighted by atomic mass is 9.79. The molecule has 1 N–H and O–H groups in total. The Hall–Kier alpha value is -1.12. The molecule has 0 aromatic rings. The van der Waals surface area contributed by atoms with E-state index in [1.54, 1.807) is 0 Å². The molecular formula is C14H24O3. The van der Waals surface area contributed by atoms with E-state index in [1.807, 2.05) is 19.1 Å². The first-order valence-corrected chi connectivity index (χ1v) is 6.48. The first kappa shape index (κ1) is 15.9. The second-order valence-electron chi connectivity index (χ2n) is 4.42. The molecule has 0 spiro atoms. The van der Waals surface area contributed by atoms with Gasteiger partial charge in [0, 0.05) is 12.3 Å². The third-order valence-corrected chi connectivity index (χ3v) is 2.66. The fraction of sp³-hybridized carbons (Fsp3) is 0.714. The Kier molecular flexibility index (Phi) is 8.38. The minimum absolute atomic E-state index is 0.101. The monoisotopic (exact) mass is 240 g/mol. The van der Waals surface area contributed by atoms with E-state index in [-0.39, 0.29) is 11.7 Å². The van der Waals surface area contributed by atoms with Crippen LogP contribution in [-0.2, 0) is 9.59 Å². The maximum atomic E-state index is 11.6. The third kappa shape index (κ3) is 5.66. The zero-order chi connectivity index (χ0) is 13.3. The summed E-state index contributed by atoms with van der Waals surface area (Å²) in [5.41, 5.74) is 0. The average Bonchev–Trinajstić information content (AvgIpc) is 2.30. The summed E-state index contributed by atoms with van der Waals surface area (Å²) in [6, 6.07) is 0. The molecular weight excluding hydrogens is 216 g/mol. The second-order valence-corrected chi connectivity index (χ2v) is 4.42. The number of ketones is 1. The van der Waals surface area contributed by atoms with E-state index in [0.29, 0.717) is 19.3 Å². The Labute approximate surface area is 104 Å². The fourth-order valence-corrected chi connectivity index (χ4v) is 1.87. The van der Waals surface area contributed by atoms with Crippen LogP contribution in [0, 0.1) is 11.8 Å². The maximum Gasteiger partial charge on any atom is 0.307 e. The van der Waals surface area contributed by atoms with Gasteiger partial charge >= 0.3 is 5.97 Å². The smallest absolute Gasteiger partial charge is 0.307 e. The number of rotatable bonds is 4. The van der Waals surface area contributed by atoms with Gasteiger partial charge in [0.25, 0.3) is 0 Å². The topological polar surface area (TPSA) is 54.4 Å². The molecule has 1 aliphatic carbocycles. The van der Waals surface area contributed by atoms with Crippen molar-refractivity contribution in [2.75, 3.05) is 0 Å². The van der Waals surface area contributed by atoms with Crippen molar-refractivity contribution in [3.63, 3.8) is 0 Å². The number of Topliss-reactive ketones (excluding diaryl/α,β-unsaturated/α-hetero) is 1. The number of carboxylic acids is 1. The Morgan fingerprint density at radius 1 is 1.12 bits per heavy atom. The predicted octanol–water partition coefficient (Wildman–Crippen LogP) is 3.44. The maximum absolute atomic E-state index is 11.6.